The number of amides is 1. The van der Waals surface area contributed by atoms with E-state index in [2.05, 4.69) is 15.2 Å². The molecule has 0 unspecified atom stereocenters. The van der Waals surface area contributed by atoms with Crippen molar-refractivity contribution < 1.29 is 9.18 Å². The molecular formula is C20H21ClFN5O. The molecule has 0 aliphatic carbocycles. The van der Waals surface area contributed by atoms with Crippen molar-refractivity contribution in [3.05, 3.63) is 58.4 Å². The molecule has 0 bridgehead atoms. The van der Waals surface area contributed by atoms with Crippen LogP contribution < -0.4 is 0 Å². The van der Waals surface area contributed by atoms with Crippen molar-refractivity contribution in [1.29, 1.82) is 0 Å². The van der Waals surface area contributed by atoms with Crippen LogP contribution in [0.15, 0.2) is 36.4 Å². The summed E-state index contributed by atoms with van der Waals surface area (Å²) in [5, 5.41) is 8.66. The van der Waals surface area contributed by atoms with Crippen molar-refractivity contribution in [1.82, 2.24) is 24.8 Å². The van der Waals surface area contributed by atoms with E-state index in [0.717, 1.165) is 17.6 Å². The zero-order valence-electron chi connectivity index (χ0n) is 15.6. The van der Waals surface area contributed by atoms with Gasteiger partial charge in [0, 0.05) is 55.4 Å². The highest BCUT2D eigenvalue weighted by Gasteiger charge is 2.24. The molecule has 0 N–H and O–H groups in total. The quantitative estimate of drug-likeness (QED) is 0.673. The number of aryl methyl sites for hydroxylation is 1. The summed E-state index contributed by atoms with van der Waals surface area (Å²) >= 11 is 6.12. The minimum Gasteiger partial charge on any atom is -0.336 e. The maximum absolute atomic E-state index is 14.0. The van der Waals surface area contributed by atoms with Gasteiger partial charge in [-0.15, -0.1) is 5.10 Å². The first-order valence-electron chi connectivity index (χ1n) is 9.34. The largest absolute Gasteiger partial charge is 0.336 e. The van der Waals surface area contributed by atoms with Crippen molar-refractivity contribution >= 4 is 28.5 Å². The van der Waals surface area contributed by atoms with Crippen LogP contribution in [0, 0.1) is 5.82 Å². The Bertz CT molecular complexity index is 993. The van der Waals surface area contributed by atoms with Gasteiger partial charge in [0.1, 0.15) is 11.3 Å². The summed E-state index contributed by atoms with van der Waals surface area (Å²) in [6.07, 6.45) is 0. The SMILES string of the molecule is CCn1nnc2cc(C(=O)N3CCN(Cc4c(F)cccc4Cl)CC3)ccc21. The monoisotopic (exact) mass is 401 g/mol. The second kappa shape index (κ2) is 7.85. The highest BCUT2D eigenvalue weighted by Crippen LogP contribution is 2.22. The first kappa shape index (κ1) is 18.8. The molecule has 28 heavy (non-hydrogen) atoms. The molecule has 3 aromatic rings. The highest BCUT2D eigenvalue weighted by atomic mass is 35.5. The zero-order valence-corrected chi connectivity index (χ0v) is 16.4. The molecule has 1 aliphatic rings. The maximum atomic E-state index is 14.0. The Kier molecular flexibility index (Phi) is 5.28. The lowest BCUT2D eigenvalue weighted by atomic mass is 10.1. The van der Waals surface area contributed by atoms with Gasteiger partial charge in [-0.25, -0.2) is 9.07 Å². The third-order valence-electron chi connectivity index (χ3n) is 5.16. The summed E-state index contributed by atoms with van der Waals surface area (Å²) in [5.74, 6) is -0.309. The van der Waals surface area contributed by atoms with Crippen LogP contribution in [0.25, 0.3) is 11.0 Å². The number of halogens is 2. The lowest BCUT2D eigenvalue weighted by molar-refractivity contribution is 0.0627. The minimum atomic E-state index is -0.292. The topological polar surface area (TPSA) is 54.3 Å². The van der Waals surface area contributed by atoms with E-state index in [0.29, 0.717) is 48.9 Å². The number of hydrogen-bond donors (Lipinski definition) is 0. The molecule has 1 aliphatic heterocycles. The van der Waals surface area contributed by atoms with Crippen LogP contribution in [0.3, 0.4) is 0 Å². The molecule has 146 valence electrons. The van der Waals surface area contributed by atoms with Crippen molar-refractivity contribution in [2.75, 3.05) is 26.2 Å². The van der Waals surface area contributed by atoms with Gasteiger partial charge < -0.3 is 4.90 Å². The molecule has 0 spiro atoms. The van der Waals surface area contributed by atoms with Gasteiger partial charge in [-0.1, -0.05) is 22.9 Å². The van der Waals surface area contributed by atoms with Crippen LogP contribution in [0.2, 0.25) is 5.02 Å². The second-order valence-electron chi connectivity index (χ2n) is 6.88. The van der Waals surface area contributed by atoms with Gasteiger partial charge in [0.15, 0.2) is 0 Å². The predicted molar refractivity (Wildman–Crippen MR) is 106 cm³/mol. The Morgan fingerprint density at radius 2 is 1.96 bits per heavy atom. The number of carbonyl (C=O) groups excluding carboxylic acids is 1. The third-order valence-corrected chi connectivity index (χ3v) is 5.52. The Hall–Kier alpha value is -2.51. The molecular weight excluding hydrogens is 381 g/mol. The van der Waals surface area contributed by atoms with Gasteiger partial charge in [0.2, 0.25) is 0 Å². The van der Waals surface area contributed by atoms with Gasteiger partial charge in [-0.3, -0.25) is 9.69 Å². The summed E-state index contributed by atoms with van der Waals surface area (Å²) in [7, 11) is 0. The van der Waals surface area contributed by atoms with Crippen LogP contribution in [0.1, 0.15) is 22.8 Å². The first-order valence-corrected chi connectivity index (χ1v) is 9.72. The normalized spacial score (nSPS) is 15.3. The molecule has 1 amide bonds. The fourth-order valence-corrected chi connectivity index (χ4v) is 3.76. The number of aromatic nitrogens is 3. The summed E-state index contributed by atoms with van der Waals surface area (Å²) < 4.78 is 15.8. The van der Waals surface area contributed by atoms with E-state index in [4.69, 9.17) is 11.6 Å². The van der Waals surface area contributed by atoms with E-state index < -0.39 is 0 Å². The van der Waals surface area contributed by atoms with Crippen molar-refractivity contribution in [3.8, 4) is 0 Å². The molecule has 0 saturated carbocycles. The average Bonchev–Trinajstić information content (AvgIpc) is 3.13. The zero-order chi connectivity index (χ0) is 19.7. The number of hydrogen-bond acceptors (Lipinski definition) is 4. The standard InChI is InChI=1S/C20H21ClFN5O/c1-2-27-19-7-6-14(12-18(19)23-24-27)20(28)26-10-8-25(9-11-26)13-15-16(21)4-3-5-17(15)22/h3-7,12H,2,8-11,13H2,1H3. The van der Waals surface area contributed by atoms with Crippen molar-refractivity contribution in [2.24, 2.45) is 0 Å². The van der Waals surface area contributed by atoms with Gasteiger partial charge >= 0.3 is 0 Å². The number of rotatable bonds is 4. The molecule has 2 aromatic carbocycles. The van der Waals surface area contributed by atoms with Gasteiger partial charge in [0.25, 0.3) is 5.91 Å². The first-order chi connectivity index (χ1) is 13.6. The van der Waals surface area contributed by atoms with Crippen LogP contribution >= 0.6 is 11.6 Å². The predicted octanol–water partition coefficient (Wildman–Crippen LogP) is 3.20. The third kappa shape index (κ3) is 3.59. The smallest absolute Gasteiger partial charge is 0.254 e. The molecule has 8 heteroatoms. The molecule has 1 fully saturated rings. The highest BCUT2D eigenvalue weighted by molar-refractivity contribution is 6.31. The van der Waals surface area contributed by atoms with E-state index in [-0.39, 0.29) is 11.7 Å². The maximum Gasteiger partial charge on any atom is 0.254 e. The van der Waals surface area contributed by atoms with E-state index in [1.54, 1.807) is 22.9 Å². The van der Waals surface area contributed by atoms with E-state index in [1.165, 1.54) is 6.07 Å². The summed E-state index contributed by atoms with van der Waals surface area (Å²) in [5.41, 5.74) is 2.76. The fourth-order valence-electron chi connectivity index (χ4n) is 3.54. The molecule has 6 nitrogen and oxygen atoms in total. The van der Waals surface area contributed by atoms with Crippen LogP contribution in [-0.4, -0.2) is 56.9 Å². The Balaban J connectivity index is 1.41. The molecule has 1 aromatic heterocycles. The Morgan fingerprint density at radius 1 is 1.18 bits per heavy atom. The van der Waals surface area contributed by atoms with E-state index >= 15 is 0 Å². The number of piperazine rings is 1. The molecule has 4 rings (SSSR count). The molecule has 0 atom stereocenters. The second-order valence-corrected chi connectivity index (χ2v) is 7.28. The van der Waals surface area contributed by atoms with Crippen LogP contribution in [0.4, 0.5) is 4.39 Å². The summed E-state index contributed by atoms with van der Waals surface area (Å²) in [6.45, 7) is 5.70. The molecule has 2 heterocycles. The Labute approximate surface area is 167 Å². The van der Waals surface area contributed by atoms with Crippen molar-refractivity contribution in [3.63, 3.8) is 0 Å². The molecule has 1 saturated heterocycles. The number of benzene rings is 2. The molecule has 0 radical (unpaired) electrons. The lowest BCUT2D eigenvalue weighted by Crippen LogP contribution is -2.48. The van der Waals surface area contributed by atoms with Crippen LogP contribution in [-0.2, 0) is 13.1 Å². The minimum absolute atomic E-state index is 0.0171. The number of nitrogens with zero attached hydrogens (tertiary/aromatic N) is 5. The van der Waals surface area contributed by atoms with Crippen molar-refractivity contribution in [2.45, 2.75) is 20.0 Å². The van der Waals surface area contributed by atoms with Gasteiger partial charge in [-0.05, 0) is 37.3 Å². The van der Waals surface area contributed by atoms with E-state index in [9.17, 15) is 9.18 Å². The fraction of sp³-hybridized carbons (Fsp3) is 0.350. The average molecular weight is 402 g/mol. The lowest BCUT2D eigenvalue weighted by Gasteiger charge is -2.35. The summed E-state index contributed by atoms with van der Waals surface area (Å²) in [4.78, 5) is 16.8. The number of fused-ring (bicyclic) bond motifs is 1. The van der Waals surface area contributed by atoms with Gasteiger partial charge in [0.05, 0.1) is 5.52 Å². The van der Waals surface area contributed by atoms with Crippen LogP contribution in [0.5, 0.6) is 0 Å². The van der Waals surface area contributed by atoms with Gasteiger partial charge in [-0.2, -0.15) is 0 Å². The Morgan fingerprint density at radius 3 is 2.68 bits per heavy atom. The summed E-state index contributed by atoms with van der Waals surface area (Å²) in [6, 6.07) is 10.2. The van der Waals surface area contributed by atoms with E-state index in [1.807, 2.05) is 24.0 Å². The number of carbonyl (C=O) groups is 1.